The number of aromatic nitrogens is 1. The first-order valence-corrected chi connectivity index (χ1v) is 10.5. The van der Waals surface area contributed by atoms with Crippen molar-refractivity contribution in [3.05, 3.63) is 55.3 Å². The van der Waals surface area contributed by atoms with E-state index < -0.39 is 23.3 Å². The van der Waals surface area contributed by atoms with Crippen LogP contribution in [-0.2, 0) is 6.54 Å². The van der Waals surface area contributed by atoms with Crippen LogP contribution in [0.3, 0.4) is 0 Å². The molecule has 0 radical (unpaired) electrons. The molecule has 2 rings (SSSR count). The van der Waals surface area contributed by atoms with Crippen LogP contribution in [0.4, 0.5) is 0 Å². The van der Waals surface area contributed by atoms with Crippen LogP contribution >= 0.6 is 23.2 Å². The number of Topliss-reactive ketones (excluding diaryl/α,β-unsaturated/α-hetero) is 1. The number of halogens is 2. The molecule has 0 aliphatic rings. The van der Waals surface area contributed by atoms with Crippen LogP contribution in [-0.4, -0.2) is 21.6 Å². The Morgan fingerprint density at radius 2 is 2.00 bits per heavy atom. The van der Waals surface area contributed by atoms with E-state index in [2.05, 4.69) is 6.92 Å². The molecular formula is C22H24Cl2N2O4. The number of benzene rings is 1. The maximum Gasteiger partial charge on any atom is 0.271 e. The fourth-order valence-electron chi connectivity index (χ4n) is 3.17. The van der Waals surface area contributed by atoms with E-state index in [1.807, 2.05) is 6.07 Å². The van der Waals surface area contributed by atoms with Crippen LogP contribution in [0.15, 0.2) is 23.0 Å². The molecule has 0 aliphatic carbocycles. The van der Waals surface area contributed by atoms with Crippen molar-refractivity contribution >= 4 is 29.0 Å². The van der Waals surface area contributed by atoms with Gasteiger partial charge in [-0.25, -0.2) is 0 Å². The minimum absolute atomic E-state index is 0.0979. The summed E-state index contributed by atoms with van der Waals surface area (Å²) in [6, 6.07) is 6.46. The third-order valence-corrected chi connectivity index (χ3v) is 5.38. The Balaban J connectivity index is 2.42. The molecular weight excluding hydrogens is 427 g/mol. The fraction of sp³-hybridized carbons (Fsp3) is 0.409. The maximum absolute atomic E-state index is 13.1. The van der Waals surface area contributed by atoms with Gasteiger partial charge in [0, 0.05) is 11.6 Å². The number of pyridine rings is 1. The van der Waals surface area contributed by atoms with Crippen molar-refractivity contribution in [3.63, 3.8) is 0 Å². The Kier molecular flexibility index (Phi) is 8.33. The zero-order chi connectivity index (χ0) is 22.4. The van der Waals surface area contributed by atoms with Crippen LogP contribution in [0.1, 0.15) is 61.0 Å². The van der Waals surface area contributed by atoms with Gasteiger partial charge in [0.05, 0.1) is 10.6 Å². The molecule has 1 atom stereocenters. The lowest BCUT2D eigenvalue weighted by atomic mass is 9.99. The van der Waals surface area contributed by atoms with Crippen LogP contribution in [0.5, 0.6) is 11.6 Å². The molecule has 0 spiro atoms. The molecule has 30 heavy (non-hydrogen) atoms. The zero-order valence-corrected chi connectivity index (χ0v) is 18.7. The number of hydrogen-bond acceptors (Lipinski definition) is 5. The predicted octanol–water partition coefficient (Wildman–Crippen LogP) is 5.27. The fourth-order valence-corrected chi connectivity index (χ4v) is 3.62. The number of carbonyl (C=O) groups excluding carboxylic acids is 1. The molecule has 1 aromatic carbocycles. The van der Waals surface area contributed by atoms with Crippen molar-refractivity contribution in [2.75, 3.05) is 0 Å². The SMILES string of the molecule is CCCCCCn1c(O)c(C(=O)C(C)Oc2ccc(Cl)cc2Cl)c(C)c(C#N)c1=O. The van der Waals surface area contributed by atoms with Gasteiger partial charge in [-0.05, 0) is 44.0 Å². The normalized spacial score (nSPS) is 11.7. The van der Waals surface area contributed by atoms with Gasteiger partial charge in [-0.3, -0.25) is 14.2 Å². The van der Waals surface area contributed by atoms with Crippen molar-refractivity contribution in [3.8, 4) is 17.7 Å². The Bertz CT molecular complexity index is 1040. The van der Waals surface area contributed by atoms with Crippen LogP contribution < -0.4 is 10.3 Å². The Hall–Kier alpha value is -2.49. The van der Waals surface area contributed by atoms with Gasteiger partial charge in [-0.2, -0.15) is 5.26 Å². The second-order valence-corrected chi connectivity index (χ2v) is 7.87. The molecule has 0 fully saturated rings. The van der Waals surface area contributed by atoms with E-state index in [0.29, 0.717) is 11.4 Å². The summed E-state index contributed by atoms with van der Waals surface area (Å²) in [5.41, 5.74) is -0.732. The van der Waals surface area contributed by atoms with E-state index in [9.17, 15) is 20.0 Å². The van der Waals surface area contributed by atoms with Gasteiger partial charge in [0.1, 0.15) is 17.4 Å². The van der Waals surface area contributed by atoms with Crippen LogP contribution in [0, 0.1) is 18.3 Å². The number of rotatable bonds is 9. The highest BCUT2D eigenvalue weighted by Crippen LogP contribution is 2.30. The lowest BCUT2D eigenvalue weighted by molar-refractivity contribution is 0.0812. The monoisotopic (exact) mass is 450 g/mol. The Labute approximate surface area is 185 Å². The summed E-state index contributed by atoms with van der Waals surface area (Å²) in [6.07, 6.45) is 2.51. The molecule has 160 valence electrons. The summed E-state index contributed by atoms with van der Waals surface area (Å²) in [4.78, 5) is 25.7. The van der Waals surface area contributed by atoms with Gasteiger partial charge in [0.2, 0.25) is 11.7 Å². The Morgan fingerprint density at radius 1 is 1.30 bits per heavy atom. The first-order chi connectivity index (χ1) is 14.2. The second kappa shape index (κ2) is 10.5. The topological polar surface area (TPSA) is 92.3 Å². The summed E-state index contributed by atoms with van der Waals surface area (Å²) >= 11 is 12.0. The van der Waals surface area contributed by atoms with Crippen LogP contribution in [0.25, 0.3) is 0 Å². The van der Waals surface area contributed by atoms with E-state index in [-0.39, 0.29) is 34.0 Å². The average molecular weight is 451 g/mol. The molecule has 1 heterocycles. The van der Waals surface area contributed by atoms with Gasteiger partial charge >= 0.3 is 0 Å². The molecule has 0 saturated heterocycles. The minimum Gasteiger partial charge on any atom is -0.494 e. The smallest absolute Gasteiger partial charge is 0.271 e. The van der Waals surface area contributed by atoms with Crippen molar-refractivity contribution in [1.29, 1.82) is 5.26 Å². The highest BCUT2D eigenvalue weighted by molar-refractivity contribution is 6.35. The first-order valence-electron chi connectivity index (χ1n) is 9.75. The third-order valence-electron chi connectivity index (χ3n) is 4.85. The zero-order valence-electron chi connectivity index (χ0n) is 17.2. The predicted molar refractivity (Wildman–Crippen MR) is 117 cm³/mol. The summed E-state index contributed by atoms with van der Waals surface area (Å²) in [5.74, 6) is -0.752. The highest BCUT2D eigenvalue weighted by atomic mass is 35.5. The molecule has 8 heteroatoms. The van der Waals surface area contributed by atoms with E-state index in [1.165, 1.54) is 26.0 Å². The summed E-state index contributed by atoms with van der Waals surface area (Å²) in [7, 11) is 0. The molecule has 1 aromatic heterocycles. The van der Waals surface area contributed by atoms with Gasteiger partial charge in [0.25, 0.3) is 5.56 Å². The second-order valence-electron chi connectivity index (χ2n) is 7.03. The summed E-state index contributed by atoms with van der Waals surface area (Å²) in [6.45, 7) is 5.26. The molecule has 0 amide bonds. The molecule has 1 N–H and O–H groups in total. The number of ketones is 1. The lowest BCUT2D eigenvalue weighted by Gasteiger charge is -2.19. The molecule has 2 aromatic rings. The van der Waals surface area contributed by atoms with Crippen molar-refractivity contribution in [2.45, 2.75) is 59.1 Å². The molecule has 0 bridgehead atoms. The van der Waals surface area contributed by atoms with Crippen molar-refractivity contribution in [1.82, 2.24) is 4.57 Å². The highest BCUT2D eigenvalue weighted by Gasteiger charge is 2.28. The van der Waals surface area contributed by atoms with Gasteiger partial charge in [-0.15, -0.1) is 0 Å². The van der Waals surface area contributed by atoms with Crippen molar-refractivity contribution < 1.29 is 14.6 Å². The number of hydrogen-bond donors (Lipinski definition) is 1. The molecule has 0 aliphatic heterocycles. The average Bonchev–Trinajstić information content (AvgIpc) is 2.69. The number of unbranched alkanes of at least 4 members (excludes halogenated alkanes) is 3. The van der Waals surface area contributed by atoms with E-state index >= 15 is 0 Å². The van der Waals surface area contributed by atoms with Gasteiger partial charge in [-0.1, -0.05) is 49.4 Å². The van der Waals surface area contributed by atoms with Crippen molar-refractivity contribution in [2.24, 2.45) is 0 Å². The quantitative estimate of drug-likeness (QED) is 0.414. The number of carbonyl (C=O) groups is 1. The van der Waals surface area contributed by atoms with E-state index in [0.717, 1.165) is 23.8 Å². The van der Waals surface area contributed by atoms with E-state index in [4.69, 9.17) is 27.9 Å². The minimum atomic E-state index is -1.02. The largest absolute Gasteiger partial charge is 0.494 e. The first kappa shape index (κ1) is 23.8. The van der Waals surface area contributed by atoms with Gasteiger partial charge in [0.15, 0.2) is 6.10 Å². The summed E-state index contributed by atoms with van der Waals surface area (Å²) in [5, 5.41) is 20.8. The molecule has 6 nitrogen and oxygen atoms in total. The molecule has 1 unspecified atom stereocenters. The number of aromatic hydroxyl groups is 1. The third kappa shape index (κ3) is 5.16. The number of nitriles is 1. The standard InChI is InChI=1S/C22H24Cl2N2O4/c1-4-5-6-7-10-26-21(28)16(12-25)13(2)19(22(26)29)20(27)14(3)30-18-9-8-15(23)11-17(18)24/h8-9,11,14,29H,4-7,10H2,1-3H3. The lowest BCUT2D eigenvalue weighted by Crippen LogP contribution is -2.31. The Morgan fingerprint density at radius 3 is 2.60 bits per heavy atom. The number of nitrogens with zero attached hydrogens (tertiary/aromatic N) is 2. The van der Waals surface area contributed by atoms with Crippen LogP contribution in [0.2, 0.25) is 10.0 Å². The number of ether oxygens (including phenoxy) is 1. The van der Waals surface area contributed by atoms with E-state index in [1.54, 1.807) is 6.07 Å². The van der Waals surface area contributed by atoms with Gasteiger partial charge < -0.3 is 9.84 Å². The molecule has 0 saturated carbocycles. The summed E-state index contributed by atoms with van der Waals surface area (Å²) < 4.78 is 6.76. The maximum atomic E-state index is 13.1.